The monoisotopic (exact) mass is 260 g/mol. The molecule has 0 amide bonds. The molecule has 0 radical (unpaired) electrons. The maximum atomic E-state index is 11.0. The molecule has 0 saturated carbocycles. The van der Waals surface area contributed by atoms with Crippen molar-refractivity contribution in [3.63, 3.8) is 0 Å². The standard InChI is InChI=1S/C15H20N2O2/c1-12-6-5-9-14(17(18)19)15(12)16-11-10-13-7-3-2-4-8-13/h5-7,9,16H,2-4,8,10-11H2,1H3. The van der Waals surface area contributed by atoms with Gasteiger partial charge in [0.05, 0.1) is 4.92 Å². The first kappa shape index (κ1) is 13.6. The molecular formula is C15H20N2O2. The highest BCUT2D eigenvalue weighted by molar-refractivity contribution is 5.65. The second-order valence-corrected chi connectivity index (χ2v) is 5.01. The van der Waals surface area contributed by atoms with Gasteiger partial charge >= 0.3 is 0 Å². The molecule has 0 fully saturated rings. The first-order chi connectivity index (χ1) is 9.18. The largest absolute Gasteiger partial charge is 0.379 e. The van der Waals surface area contributed by atoms with Gasteiger partial charge in [-0.15, -0.1) is 0 Å². The van der Waals surface area contributed by atoms with Crippen LogP contribution in [0.4, 0.5) is 11.4 Å². The summed E-state index contributed by atoms with van der Waals surface area (Å²) in [4.78, 5) is 10.7. The van der Waals surface area contributed by atoms with Crippen LogP contribution in [0, 0.1) is 17.0 Å². The number of hydrogen-bond donors (Lipinski definition) is 1. The summed E-state index contributed by atoms with van der Waals surface area (Å²) in [7, 11) is 0. The zero-order valence-electron chi connectivity index (χ0n) is 11.3. The minimum absolute atomic E-state index is 0.164. The van der Waals surface area contributed by atoms with E-state index >= 15 is 0 Å². The average Bonchev–Trinajstić information content (AvgIpc) is 2.41. The maximum absolute atomic E-state index is 11.0. The first-order valence-electron chi connectivity index (χ1n) is 6.84. The van der Waals surface area contributed by atoms with Gasteiger partial charge in [-0.05, 0) is 44.6 Å². The van der Waals surface area contributed by atoms with Crippen LogP contribution in [0.15, 0.2) is 29.8 Å². The Balaban J connectivity index is 1.99. The molecule has 0 atom stereocenters. The van der Waals surface area contributed by atoms with E-state index in [0.717, 1.165) is 18.5 Å². The summed E-state index contributed by atoms with van der Waals surface area (Å²) >= 11 is 0. The number of hydrogen-bond acceptors (Lipinski definition) is 3. The van der Waals surface area contributed by atoms with Gasteiger partial charge in [-0.2, -0.15) is 0 Å². The molecule has 102 valence electrons. The van der Waals surface area contributed by atoms with Gasteiger partial charge in [-0.3, -0.25) is 10.1 Å². The van der Waals surface area contributed by atoms with Gasteiger partial charge in [0.1, 0.15) is 5.69 Å². The molecule has 0 aliphatic heterocycles. The lowest BCUT2D eigenvalue weighted by molar-refractivity contribution is -0.384. The van der Waals surface area contributed by atoms with Gasteiger partial charge in [0.15, 0.2) is 0 Å². The summed E-state index contributed by atoms with van der Waals surface area (Å²) in [5, 5.41) is 14.2. The van der Waals surface area contributed by atoms with Crippen LogP contribution in [0.3, 0.4) is 0 Å². The summed E-state index contributed by atoms with van der Waals surface area (Å²) in [6, 6.07) is 5.17. The molecule has 1 N–H and O–H groups in total. The quantitative estimate of drug-likeness (QED) is 0.490. The van der Waals surface area contributed by atoms with Crippen molar-refractivity contribution < 1.29 is 4.92 Å². The van der Waals surface area contributed by atoms with E-state index in [9.17, 15) is 10.1 Å². The van der Waals surface area contributed by atoms with Crippen molar-refractivity contribution in [1.29, 1.82) is 0 Å². The second kappa shape index (κ2) is 6.36. The lowest BCUT2D eigenvalue weighted by Gasteiger charge is -2.14. The molecule has 0 heterocycles. The molecule has 0 bridgehead atoms. The van der Waals surface area contributed by atoms with E-state index in [1.807, 2.05) is 13.0 Å². The van der Waals surface area contributed by atoms with E-state index in [4.69, 9.17) is 0 Å². The van der Waals surface area contributed by atoms with Crippen molar-refractivity contribution in [2.45, 2.75) is 39.0 Å². The van der Waals surface area contributed by atoms with Gasteiger partial charge < -0.3 is 5.32 Å². The van der Waals surface area contributed by atoms with Crippen LogP contribution in [-0.2, 0) is 0 Å². The Kier molecular flexibility index (Phi) is 4.55. The van der Waals surface area contributed by atoms with Gasteiger partial charge in [0.25, 0.3) is 5.69 Å². The van der Waals surface area contributed by atoms with Crippen molar-refractivity contribution in [2.24, 2.45) is 0 Å². The van der Waals surface area contributed by atoms with Crippen LogP contribution in [0.25, 0.3) is 0 Å². The number of nitro groups is 1. The summed E-state index contributed by atoms with van der Waals surface area (Å²) in [5.41, 5.74) is 3.23. The van der Waals surface area contributed by atoms with Crippen LogP contribution in [0.1, 0.15) is 37.7 Å². The zero-order valence-corrected chi connectivity index (χ0v) is 11.3. The number of allylic oxidation sites excluding steroid dienone is 1. The highest BCUT2D eigenvalue weighted by Gasteiger charge is 2.14. The Labute approximate surface area is 113 Å². The third kappa shape index (κ3) is 3.56. The fourth-order valence-corrected chi connectivity index (χ4v) is 2.51. The molecule has 2 rings (SSSR count). The van der Waals surface area contributed by atoms with Gasteiger partial charge in [-0.1, -0.05) is 23.8 Å². The number of anilines is 1. The maximum Gasteiger partial charge on any atom is 0.292 e. The smallest absolute Gasteiger partial charge is 0.292 e. The molecule has 0 unspecified atom stereocenters. The van der Waals surface area contributed by atoms with E-state index in [-0.39, 0.29) is 10.6 Å². The van der Waals surface area contributed by atoms with Crippen LogP contribution in [0.2, 0.25) is 0 Å². The van der Waals surface area contributed by atoms with E-state index in [0.29, 0.717) is 5.69 Å². The van der Waals surface area contributed by atoms with Gasteiger partial charge in [-0.25, -0.2) is 0 Å². The van der Waals surface area contributed by atoms with Crippen molar-refractivity contribution in [3.05, 3.63) is 45.5 Å². The first-order valence-corrected chi connectivity index (χ1v) is 6.84. The Hall–Kier alpha value is -1.84. The Morgan fingerprint density at radius 2 is 2.21 bits per heavy atom. The third-order valence-corrected chi connectivity index (χ3v) is 3.58. The predicted molar refractivity (Wildman–Crippen MR) is 77.5 cm³/mol. The fourth-order valence-electron chi connectivity index (χ4n) is 2.51. The molecular weight excluding hydrogens is 240 g/mol. The summed E-state index contributed by atoms with van der Waals surface area (Å²) in [5.74, 6) is 0. The normalized spacial score (nSPS) is 14.9. The highest BCUT2D eigenvalue weighted by atomic mass is 16.6. The molecule has 4 nitrogen and oxygen atoms in total. The number of para-hydroxylation sites is 1. The Morgan fingerprint density at radius 3 is 2.89 bits per heavy atom. The average molecular weight is 260 g/mol. The molecule has 1 aliphatic rings. The summed E-state index contributed by atoms with van der Waals surface area (Å²) < 4.78 is 0. The van der Waals surface area contributed by atoms with E-state index in [1.54, 1.807) is 12.1 Å². The van der Waals surface area contributed by atoms with Crippen LogP contribution < -0.4 is 5.32 Å². The van der Waals surface area contributed by atoms with Crippen molar-refractivity contribution >= 4 is 11.4 Å². The van der Waals surface area contributed by atoms with Crippen molar-refractivity contribution in [2.75, 3.05) is 11.9 Å². The predicted octanol–water partition coefficient (Wildman–Crippen LogP) is 4.21. The lowest BCUT2D eigenvalue weighted by atomic mass is 9.97. The molecule has 1 aromatic carbocycles. The minimum Gasteiger partial charge on any atom is -0.379 e. The van der Waals surface area contributed by atoms with Crippen molar-refractivity contribution in [3.8, 4) is 0 Å². The topological polar surface area (TPSA) is 55.2 Å². The SMILES string of the molecule is Cc1cccc([N+](=O)[O-])c1NCCC1=CCCCC1. The molecule has 0 saturated heterocycles. The van der Waals surface area contributed by atoms with Gasteiger partial charge in [0.2, 0.25) is 0 Å². The molecule has 1 aliphatic carbocycles. The Bertz CT molecular complexity index is 495. The number of nitro benzene ring substituents is 1. The van der Waals surface area contributed by atoms with Crippen molar-refractivity contribution in [1.82, 2.24) is 0 Å². The molecule has 0 spiro atoms. The minimum atomic E-state index is -0.324. The van der Waals surface area contributed by atoms with Gasteiger partial charge in [0, 0.05) is 12.6 Å². The van der Waals surface area contributed by atoms with Crippen LogP contribution >= 0.6 is 0 Å². The molecule has 0 aromatic heterocycles. The fraction of sp³-hybridized carbons (Fsp3) is 0.467. The third-order valence-electron chi connectivity index (χ3n) is 3.58. The zero-order chi connectivity index (χ0) is 13.7. The molecule has 1 aromatic rings. The second-order valence-electron chi connectivity index (χ2n) is 5.01. The number of nitrogens with one attached hydrogen (secondary N) is 1. The van der Waals surface area contributed by atoms with E-state index in [2.05, 4.69) is 11.4 Å². The molecule has 19 heavy (non-hydrogen) atoms. The van der Waals surface area contributed by atoms with Crippen LogP contribution in [-0.4, -0.2) is 11.5 Å². The Morgan fingerprint density at radius 1 is 1.37 bits per heavy atom. The number of benzene rings is 1. The number of rotatable bonds is 5. The van der Waals surface area contributed by atoms with Crippen LogP contribution in [0.5, 0.6) is 0 Å². The summed E-state index contributed by atoms with van der Waals surface area (Å²) in [6.07, 6.45) is 8.22. The lowest BCUT2D eigenvalue weighted by Crippen LogP contribution is -2.07. The molecule has 4 heteroatoms. The number of nitrogens with zero attached hydrogens (tertiary/aromatic N) is 1. The van der Waals surface area contributed by atoms with E-state index < -0.39 is 0 Å². The highest BCUT2D eigenvalue weighted by Crippen LogP contribution is 2.28. The summed E-state index contributed by atoms with van der Waals surface area (Å²) in [6.45, 7) is 2.66. The number of aryl methyl sites for hydroxylation is 1. The van der Waals surface area contributed by atoms with E-state index in [1.165, 1.54) is 31.3 Å².